The van der Waals surface area contributed by atoms with E-state index >= 15 is 0 Å². The molecular formula is C30H26F3N5O3. The Morgan fingerprint density at radius 2 is 1.68 bits per heavy atom. The molecule has 8 nitrogen and oxygen atoms in total. The molecule has 5 aromatic rings. The van der Waals surface area contributed by atoms with Crippen LogP contribution in [-0.4, -0.2) is 44.3 Å². The highest BCUT2D eigenvalue weighted by Crippen LogP contribution is 2.33. The number of imidazole rings is 1. The van der Waals surface area contributed by atoms with Crippen LogP contribution in [0.15, 0.2) is 71.5 Å². The predicted molar refractivity (Wildman–Crippen MR) is 149 cm³/mol. The van der Waals surface area contributed by atoms with E-state index in [0.29, 0.717) is 36.8 Å². The molecule has 0 unspecified atom stereocenters. The van der Waals surface area contributed by atoms with Crippen molar-refractivity contribution in [2.24, 2.45) is 0 Å². The average Bonchev–Trinajstić information content (AvgIpc) is 3.48. The zero-order chi connectivity index (χ0) is 28.9. The monoisotopic (exact) mass is 561 g/mol. The Morgan fingerprint density at radius 3 is 2.44 bits per heavy atom. The summed E-state index contributed by atoms with van der Waals surface area (Å²) in [7, 11) is 0. The number of nitrogens with zero attached hydrogens (tertiary/aromatic N) is 2. The molecular weight excluding hydrogens is 535 g/mol. The second-order valence-corrected chi connectivity index (χ2v) is 10.3. The van der Waals surface area contributed by atoms with Gasteiger partial charge in [-0.15, -0.1) is 0 Å². The Kier molecular flexibility index (Phi) is 6.44. The van der Waals surface area contributed by atoms with Crippen LogP contribution in [0.4, 0.5) is 18.9 Å². The lowest BCUT2D eigenvalue weighted by Gasteiger charge is -2.32. The molecule has 1 aliphatic heterocycles. The van der Waals surface area contributed by atoms with Gasteiger partial charge in [-0.1, -0.05) is 29.8 Å². The van der Waals surface area contributed by atoms with E-state index in [2.05, 4.69) is 15.3 Å². The van der Waals surface area contributed by atoms with Gasteiger partial charge in [-0.2, -0.15) is 13.2 Å². The van der Waals surface area contributed by atoms with Gasteiger partial charge < -0.3 is 20.2 Å². The SMILES string of the molecule is Cc1ccc2[nH]c(C(=O)N3CCC(n4c(=O)[nH]c5ccccc54)CC3)c(NC(=O)c3cccc(C(F)(F)F)c3)c2c1. The molecule has 0 saturated carbocycles. The van der Waals surface area contributed by atoms with Crippen molar-refractivity contribution in [2.45, 2.75) is 32.0 Å². The number of carbonyl (C=O) groups is 2. The first-order chi connectivity index (χ1) is 19.6. The van der Waals surface area contributed by atoms with Crippen LogP contribution in [0.2, 0.25) is 0 Å². The van der Waals surface area contributed by atoms with Gasteiger partial charge in [0.2, 0.25) is 0 Å². The summed E-state index contributed by atoms with van der Waals surface area (Å²) >= 11 is 0. The second kappa shape index (κ2) is 9.99. The van der Waals surface area contributed by atoms with Gasteiger partial charge >= 0.3 is 11.9 Å². The van der Waals surface area contributed by atoms with Gasteiger partial charge in [0, 0.05) is 35.6 Å². The molecule has 2 aromatic heterocycles. The maximum atomic E-state index is 13.8. The Balaban J connectivity index is 1.28. The molecule has 0 atom stereocenters. The van der Waals surface area contributed by atoms with Crippen LogP contribution in [-0.2, 0) is 6.18 Å². The molecule has 3 N–H and O–H groups in total. The summed E-state index contributed by atoms with van der Waals surface area (Å²) < 4.78 is 41.5. The number of aryl methyl sites for hydroxylation is 1. The molecule has 0 spiro atoms. The Morgan fingerprint density at radius 1 is 0.927 bits per heavy atom. The summed E-state index contributed by atoms with van der Waals surface area (Å²) in [5.41, 5.74) is 2.12. The number of amides is 2. The van der Waals surface area contributed by atoms with E-state index in [4.69, 9.17) is 0 Å². The minimum atomic E-state index is -4.60. The van der Waals surface area contributed by atoms with E-state index in [1.54, 1.807) is 21.6 Å². The first-order valence-electron chi connectivity index (χ1n) is 13.2. The van der Waals surface area contributed by atoms with Crippen molar-refractivity contribution in [3.05, 3.63) is 99.6 Å². The van der Waals surface area contributed by atoms with Crippen LogP contribution >= 0.6 is 0 Å². The fourth-order valence-corrected chi connectivity index (χ4v) is 5.54. The summed E-state index contributed by atoms with van der Waals surface area (Å²) in [5, 5.41) is 3.28. The molecule has 0 aliphatic carbocycles. The molecule has 11 heteroatoms. The number of anilines is 1. The molecule has 6 rings (SSSR count). The van der Waals surface area contributed by atoms with Crippen molar-refractivity contribution in [3.63, 3.8) is 0 Å². The standard InChI is InChI=1S/C30H26F3N5O3/c1-17-9-10-22-21(15-17)25(36-27(39)18-5-4-6-19(16-18)30(31,32)33)26(34-22)28(40)37-13-11-20(12-14-37)38-24-8-3-2-7-23(24)35-29(38)41/h2-10,15-16,20,34H,11-14H2,1H3,(H,35,41)(H,36,39). The quantitative estimate of drug-likeness (QED) is 0.256. The van der Waals surface area contributed by atoms with Gasteiger partial charge in [0.1, 0.15) is 5.69 Å². The highest BCUT2D eigenvalue weighted by atomic mass is 19.4. The summed E-state index contributed by atoms with van der Waals surface area (Å²) in [5.74, 6) is -1.10. The number of hydrogen-bond donors (Lipinski definition) is 3. The Labute approximate surface area is 231 Å². The molecule has 0 radical (unpaired) electrons. The zero-order valence-electron chi connectivity index (χ0n) is 22.0. The highest BCUT2D eigenvalue weighted by Gasteiger charge is 2.32. The number of piperidine rings is 1. The summed E-state index contributed by atoms with van der Waals surface area (Å²) in [6, 6.07) is 17.0. The molecule has 3 aromatic carbocycles. The van der Waals surface area contributed by atoms with Crippen LogP contribution < -0.4 is 11.0 Å². The van der Waals surface area contributed by atoms with E-state index in [9.17, 15) is 27.6 Å². The van der Waals surface area contributed by atoms with Crippen molar-refractivity contribution in [1.29, 1.82) is 0 Å². The van der Waals surface area contributed by atoms with E-state index in [1.807, 2.05) is 37.3 Å². The minimum Gasteiger partial charge on any atom is -0.349 e. The molecule has 210 valence electrons. The lowest BCUT2D eigenvalue weighted by atomic mass is 10.0. The van der Waals surface area contributed by atoms with Crippen LogP contribution in [0, 0.1) is 6.92 Å². The van der Waals surface area contributed by atoms with Gasteiger partial charge in [-0.25, -0.2) is 4.79 Å². The van der Waals surface area contributed by atoms with Crippen LogP contribution in [0.3, 0.4) is 0 Å². The molecule has 2 amide bonds. The van der Waals surface area contributed by atoms with E-state index in [0.717, 1.165) is 28.7 Å². The van der Waals surface area contributed by atoms with Crippen LogP contribution in [0.25, 0.3) is 21.9 Å². The van der Waals surface area contributed by atoms with Gasteiger partial charge in [0.15, 0.2) is 0 Å². The Bertz CT molecular complexity index is 1860. The van der Waals surface area contributed by atoms with Crippen molar-refractivity contribution >= 4 is 39.4 Å². The summed E-state index contributed by atoms with van der Waals surface area (Å²) in [4.78, 5) is 47.2. The number of benzene rings is 3. The van der Waals surface area contributed by atoms with Crippen molar-refractivity contribution in [1.82, 2.24) is 19.4 Å². The lowest BCUT2D eigenvalue weighted by molar-refractivity contribution is -0.137. The van der Waals surface area contributed by atoms with E-state index in [-0.39, 0.29) is 34.6 Å². The van der Waals surface area contributed by atoms with Crippen LogP contribution in [0.1, 0.15) is 50.9 Å². The second-order valence-electron chi connectivity index (χ2n) is 10.3. The fourth-order valence-electron chi connectivity index (χ4n) is 5.54. The van der Waals surface area contributed by atoms with Gasteiger partial charge in [0.05, 0.1) is 22.3 Å². The molecule has 1 fully saturated rings. The molecule has 1 saturated heterocycles. The van der Waals surface area contributed by atoms with Gasteiger partial charge in [-0.3, -0.25) is 14.2 Å². The van der Waals surface area contributed by atoms with Crippen LogP contribution in [0.5, 0.6) is 0 Å². The summed E-state index contributed by atoms with van der Waals surface area (Å²) in [6.07, 6.45) is -3.49. The Hall–Kier alpha value is -4.80. The first kappa shape index (κ1) is 26.4. The summed E-state index contributed by atoms with van der Waals surface area (Å²) in [6.45, 7) is 2.62. The molecule has 41 heavy (non-hydrogen) atoms. The van der Waals surface area contributed by atoms with Crippen molar-refractivity contribution in [2.75, 3.05) is 18.4 Å². The van der Waals surface area contributed by atoms with Gasteiger partial charge in [0.25, 0.3) is 11.8 Å². The molecule has 1 aliphatic rings. The largest absolute Gasteiger partial charge is 0.416 e. The van der Waals surface area contributed by atoms with E-state index in [1.165, 1.54) is 12.1 Å². The number of H-pyrrole nitrogens is 2. The number of alkyl halides is 3. The normalized spacial score (nSPS) is 14.6. The average molecular weight is 562 g/mol. The van der Waals surface area contributed by atoms with Crippen molar-refractivity contribution in [3.8, 4) is 0 Å². The number of nitrogens with one attached hydrogen (secondary N) is 3. The molecule has 0 bridgehead atoms. The molecule has 3 heterocycles. The predicted octanol–water partition coefficient (Wildman–Crippen LogP) is 5.87. The number of hydrogen-bond acceptors (Lipinski definition) is 3. The zero-order valence-corrected chi connectivity index (χ0v) is 22.0. The number of halogens is 3. The number of carbonyl (C=O) groups excluding carboxylic acids is 2. The third-order valence-electron chi connectivity index (χ3n) is 7.60. The maximum Gasteiger partial charge on any atom is 0.416 e. The topological polar surface area (TPSA) is 103 Å². The number of fused-ring (bicyclic) bond motifs is 2. The van der Waals surface area contributed by atoms with E-state index < -0.39 is 17.6 Å². The minimum absolute atomic E-state index is 0.0897. The fraction of sp³-hybridized carbons (Fsp3) is 0.233. The first-order valence-corrected chi connectivity index (χ1v) is 13.2. The van der Waals surface area contributed by atoms with Gasteiger partial charge in [-0.05, 0) is 62.2 Å². The maximum absolute atomic E-state index is 13.8. The number of aromatic nitrogens is 3. The lowest BCUT2D eigenvalue weighted by Crippen LogP contribution is -2.40. The van der Waals surface area contributed by atoms with Crippen molar-refractivity contribution < 1.29 is 22.8 Å². The number of rotatable bonds is 4. The number of aromatic amines is 2. The number of likely N-dealkylation sites (tertiary alicyclic amines) is 1. The smallest absolute Gasteiger partial charge is 0.349 e. The highest BCUT2D eigenvalue weighted by molar-refractivity contribution is 6.15. The third kappa shape index (κ3) is 4.88. The number of para-hydroxylation sites is 2. The third-order valence-corrected chi connectivity index (χ3v) is 7.60.